The van der Waals surface area contributed by atoms with Crippen molar-refractivity contribution < 1.29 is 4.74 Å². The Bertz CT molecular complexity index is 721. The monoisotopic (exact) mass is 286 g/mol. The topological polar surface area (TPSA) is 69.9 Å². The van der Waals surface area contributed by atoms with Crippen molar-refractivity contribution in [1.82, 2.24) is 19.5 Å². The highest BCUT2D eigenvalue weighted by atomic mass is 16.5. The van der Waals surface area contributed by atoms with Gasteiger partial charge in [-0.05, 0) is 19.3 Å². The number of aromatic nitrogens is 4. The predicted molar refractivity (Wildman–Crippen MR) is 77.0 cm³/mol. The Labute approximate surface area is 122 Å². The number of nitrogens with zero attached hydrogens (tertiary/aromatic N) is 4. The van der Waals surface area contributed by atoms with Crippen LogP contribution in [-0.2, 0) is 4.74 Å². The molecular weight excluding hydrogens is 268 g/mol. The van der Waals surface area contributed by atoms with Crippen LogP contribution in [0.3, 0.4) is 0 Å². The minimum absolute atomic E-state index is 0.0142. The maximum absolute atomic E-state index is 12.6. The van der Waals surface area contributed by atoms with Crippen LogP contribution in [0.2, 0.25) is 0 Å². The van der Waals surface area contributed by atoms with E-state index in [2.05, 4.69) is 15.0 Å². The molecule has 1 saturated heterocycles. The normalized spacial score (nSPS) is 24.7. The lowest BCUT2D eigenvalue weighted by Crippen LogP contribution is -2.31. The first-order valence-electron chi connectivity index (χ1n) is 7.59. The van der Waals surface area contributed by atoms with Gasteiger partial charge in [-0.15, -0.1) is 0 Å². The largest absolute Gasteiger partial charge is 0.373 e. The molecule has 1 aliphatic carbocycles. The summed E-state index contributed by atoms with van der Waals surface area (Å²) in [5.74, 6) is 0. The first kappa shape index (κ1) is 12.9. The number of rotatable bonds is 1. The summed E-state index contributed by atoms with van der Waals surface area (Å²) in [5, 5.41) is 0. The predicted octanol–water partition coefficient (Wildman–Crippen LogP) is 1.85. The average Bonchev–Trinajstić information content (AvgIpc) is 2.92. The highest BCUT2D eigenvalue weighted by Crippen LogP contribution is 2.42. The lowest BCUT2D eigenvalue weighted by molar-refractivity contribution is -0.0248. The number of hydrogen-bond donors (Lipinski definition) is 0. The second-order valence-corrected chi connectivity index (χ2v) is 6.10. The van der Waals surface area contributed by atoms with E-state index in [0.717, 1.165) is 19.3 Å². The Morgan fingerprint density at radius 3 is 2.81 bits per heavy atom. The molecular formula is C15H18N4O2. The van der Waals surface area contributed by atoms with Gasteiger partial charge in [-0.3, -0.25) is 9.36 Å². The quantitative estimate of drug-likeness (QED) is 0.800. The van der Waals surface area contributed by atoms with Gasteiger partial charge in [0.2, 0.25) is 0 Å². The van der Waals surface area contributed by atoms with E-state index < -0.39 is 0 Å². The van der Waals surface area contributed by atoms with Crippen molar-refractivity contribution in [2.75, 3.05) is 6.61 Å². The maximum atomic E-state index is 12.6. The third-order valence-corrected chi connectivity index (χ3v) is 4.77. The molecule has 6 heteroatoms. The van der Waals surface area contributed by atoms with Gasteiger partial charge in [-0.25, -0.2) is 15.0 Å². The fourth-order valence-corrected chi connectivity index (χ4v) is 3.67. The Hall–Kier alpha value is -1.82. The molecule has 2 aromatic rings. The van der Waals surface area contributed by atoms with Gasteiger partial charge in [0.1, 0.15) is 6.33 Å². The van der Waals surface area contributed by atoms with Crippen LogP contribution < -0.4 is 5.56 Å². The molecule has 0 amide bonds. The van der Waals surface area contributed by atoms with Crippen LogP contribution >= 0.6 is 0 Å². The third kappa shape index (κ3) is 2.14. The number of hydrogen-bond acceptors (Lipinski definition) is 5. The van der Waals surface area contributed by atoms with Crippen molar-refractivity contribution in [1.29, 1.82) is 0 Å². The number of fused-ring (bicyclic) bond motifs is 1. The van der Waals surface area contributed by atoms with Crippen LogP contribution in [0.25, 0.3) is 11.2 Å². The minimum atomic E-state index is -0.116. The molecule has 0 N–H and O–H groups in total. The summed E-state index contributed by atoms with van der Waals surface area (Å²) >= 11 is 0. The second-order valence-electron chi connectivity index (χ2n) is 6.10. The molecule has 21 heavy (non-hydrogen) atoms. The van der Waals surface area contributed by atoms with Crippen molar-refractivity contribution in [3.05, 3.63) is 29.1 Å². The van der Waals surface area contributed by atoms with E-state index in [9.17, 15) is 4.79 Å². The smallest absolute Gasteiger partial charge is 0.281 e. The van der Waals surface area contributed by atoms with Crippen LogP contribution in [0.15, 0.2) is 23.5 Å². The molecule has 1 aliphatic heterocycles. The molecule has 1 unspecified atom stereocenters. The lowest BCUT2D eigenvalue weighted by Gasteiger charge is -2.32. The van der Waals surface area contributed by atoms with E-state index in [4.69, 9.17) is 4.74 Å². The van der Waals surface area contributed by atoms with E-state index in [0.29, 0.717) is 17.8 Å². The Morgan fingerprint density at radius 1 is 1.14 bits per heavy atom. The van der Waals surface area contributed by atoms with Gasteiger partial charge in [0.25, 0.3) is 5.56 Å². The highest BCUT2D eigenvalue weighted by molar-refractivity contribution is 5.66. The molecule has 2 aromatic heterocycles. The summed E-state index contributed by atoms with van der Waals surface area (Å²) in [5.41, 5.74) is 0.615. The van der Waals surface area contributed by atoms with Crippen molar-refractivity contribution in [2.45, 2.75) is 50.2 Å². The summed E-state index contributed by atoms with van der Waals surface area (Å²) in [6.45, 7) is 0.591. The van der Waals surface area contributed by atoms with Crippen LogP contribution in [-0.4, -0.2) is 31.7 Å². The van der Waals surface area contributed by atoms with Gasteiger partial charge in [-0.2, -0.15) is 0 Å². The molecule has 1 atom stereocenters. The lowest BCUT2D eigenvalue weighted by atomic mass is 9.82. The first-order chi connectivity index (χ1) is 10.3. The van der Waals surface area contributed by atoms with Crippen LogP contribution in [0.5, 0.6) is 0 Å². The average molecular weight is 286 g/mol. The second kappa shape index (κ2) is 4.87. The maximum Gasteiger partial charge on any atom is 0.281 e. The van der Waals surface area contributed by atoms with Crippen LogP contribution in [0.1, 0.15) is 44.6 Å². The fraction of sp³-hybridized carbons (Fsp3) is 0.600. The highest BCUT2D eigenvalue weighted by Gasteiger charge is 2.42. The fourth-order valence-electron chi connectivity index (χ4n) is 3.67. The first-order valence-corrected chi connectivity index (χ1v) is 7.59. The van der Waals surface area contributed by atoms with Gasteiger partial charge < -0.3 is 4.74 Å². The van der Waals surface area contributed by atoms with E-state index in [1.807, 2.05) is 0 Å². The molecule has 3 heterocycles. The van der Waals surface area contributed by atoms with Crippen molar-refractivity contribution in [2.24, 2.45) is 0 Å². The molecule has 2 aliphatic rings. The Morgan fingerprint density at radius 2 is 1.95 bits per heavy atom. The Kier molecular flexibility index (Phi) is 2.99. The van der Waals surface area contributed by atoms with Crippen LogP contribution in [0, 0.1) is 0 Å². The number of ether oxygens (including phenoxy) is 1. The molecule has 1 spiro atoms. The van der Waals surface area contributed by atoms with E-state index in [1.54, 1.807) is 17.1 Å². The van der Waals surface area contributed by atoms with Gasteiger partial charge in [0.05, 0.1) is 18.2 Å². The van der Waals surface area contributed by atoms with E-state index in [1.165, 1.54) is 25.5 Å². The standard InChI is InChI=1S/C15H18N4O2/c20-14-12-13(17-7-6-16-12)18-10-19(14)11-8-15(21-9-11)4-2-1-3-5-15/h6-7,10-11H,1-5,8-9H2. The molecule has 1 saturated carbocycles. The molecule has 0 bridgehead atoms. The Balaban J connectivity index is 1.68. The molecule has 0 radical (unpaired) electrons. The SMILES string of the molecule is O=c1c2nccnc2ncn1C1COC2(CCCCC2)C1. The summed E-state index contributed by atoms with van der Waals surface area (Å²) in [7, 11) is 0. The summed E-state index contributed by atoms with van der Waals surface area (Å²) in [4.78, 5) is 25.0. The zero-order valence-corrected chi connectivity index (χ0v) is 11.9. The summed E-state index contributed by atoms with van der Waals surface area (Å²) in [6.07, 6.45) is 11.5. The van der Waals surface area contributed by atoms with Crippen molar-refractivity contribution in [3.8, 4) is 0 Å². The van der Waals surface area contributed by atoms with Gasteiger partial charge >= 0.3 is 0 Å². The molecule has 2 fully saturated rings. The van der Waals surface area contributed by atoms with Gasteiger partial charge in [0.15, 0.2) is 11.2 Å². The van der Waals surface area contributed by atoms with E-state index >= 15 is 0 Å². The van der Waals surface area contributed by atoms with Crippen molar-refractivity contribution >= 4 is 11.2 Å². The van der Waals surface area contributed by atoms with Gasteiger partial charge in [0, 0.05) is 12.4 Å². The minimum Gasteiger partial charge on any atom is -0.373 e. The molecule has 0 aromatic carbocycles. The third-order valence-electron chi connectivity index (χ3n) is 4.77. The summed E-state index contributed by atoms with van der Waals surface area (Å²) in [6, 6.07) is 0.0644. The molecule has 110 valence electrons. The van der Waals surface area contributed by atoms with Crippen LogP contribution in [0.4, 0.5) is 0 Å². The van der Waals surface area contributed by atoms with Gasteiger partial charge in [-0.1, -0.05) is 19.3 Å². The van der Waals surface area contributed by atoms with E-state index in [-0.39, 0.29) is 17.2 Å². The van der Waals surface area contributed by atoms with Crippen molar-refractivity contribution in [3.63, 3.8) is 0 Å². The molecule has 6 nitrogen and oxygen atoms in total. The zero-order valence-electron chi connectivity index (χ0n) is 11.9. The summed E-state index contributed by atoms with van der Waals surface area (Å²) < 4.78 is 7.77. The zero-order chi connectivity index (χ0) is 14.3. The molecule has 4 rings (SSSR count).